The van der Waals surface area contributed by atoms with Gasteiger partial charge in [-0.2, -0.15) is 0 Å². The smallest absolute Gasteiger partial charge is 0.408 e. The van der Waals surface area contributed by atoms with E-state index in [1.54, 1.807) is 0 Å². The van der Waals surface area contributed by atoms with E-state index in [1.807, 2.05) is 30.3 Å². The van der Waals surface area contributed by atoms with Crippen molar-refractivity contribution >= 4 is 18.0 Å². The van der Waals surface area contributed by atoms with Crippen molar-refractivity contribution in [3.05, 3.63) is 35.9 Å². The Kier molecular flexibility index (Phi) is 14.6. The van der Waals surface area contributed by atoms with Gasteiger partial charge in [0.25, 0.3) is 0 Å². The highest BCUT2D eigenvalue weighted by atomic mass is 16.5. The van der Waals surface area contributed by atoms with Crippen molar-refractivity contribution in [2.45, 2.75) is 66.0 Å². The maximum atomic E-state index is 11.7. The molecule has 0 aliphatic carbocycles. The van der Waals surface area contributed by atoms with Gasteiger partial charge in [-0.05, 0) is 43.1 Å². The fourth-order valence-corrected chi connectivity index (χ4v) is 2.80. The summed E-state index contributed by atoms with van der Waals surface area (Å²) >= 11 is 0. The maximum absolute atomic E-state index is 11.7. The Bertz CT molecular complexity index is 623. The van der Waals surface area contributed by atoms with Crippen LogP contribution in [0.1, 0.15) is 58.9 Å². The summed E-state index contributed by atoms with van der Waals surface area (Å²) in [5.41, 5.74) is 16.6. The van der Waals surface area contributed by atoms with E-state index in [4.69, 9.17) is 21.9 Å². The van der Waals surface area contributed by atoms with E-state index >= 15 is 0 Å². The third kappa shape index (κ3) is 16.2. The molecule has 1 aromatic carbocycles. The number of nitrogens with one attached hydrogen (secondary N) is 1. The van der Waals surface area contributed by atoms with Crippen LogP contribution in [0.15, 0.2) is 35.3 Å². The average Bonchev–Trinajstić information content (AvgIpc) is 2.65. The Morgan fingerprint density at radius 2 is 1.60 bits per heavy atom. The lowest BCUT2D eigenvalue weighted by molar-refractivity contribution is -0.120. The van der Waals surface area contributed by atoms with Crippen LogP contribution in [-0.2, 0) is 16.1 Å². The Balaban J connectivity index is 0.00000103. The molecule has 0 aliphatic heterocycles. The highest BCUT2D eigenvalue weighted by Crippen LogP contribution is 2.08. The van der Waals surface area contributed by atoms with E-state index in [2.05, 4.69) is 38.0 Å². The average molecular weight is 422 g/mol. The predicted octanol–water partition coefficient (Wildman–Crippen LogP) is 2.90. The number of nitrogens with zero attached hydrogens (tertiary/aromatic N) is 1. The van der Waals surface area contributed by atoms with E-state index in [0.717, 1.165) is 17.4 Å². The summed E-state index contributed by atoms with van der Waals surface area (Å²) in [4.78, 5) is 26.9. The van der Waals surface area contributed by atoms with Gasteiger partial charge in [-0.1, -0.05) is 58.0 Å². The lowest BCUT2D eigenvalue weighted by Crippen LogP contribution is -2.44. The van der Waals surface area contributed by atoms with Gasteiger partial charge in [0, 0.05) is 6.54 Å². The van der Waals surface area contributed by atoms with Crippen molar-refractivity contribution < 1.29 is 14.3 Å². The monoisotopic (exact) mass is 421 g/mol. The standard InChI is InChI=1S/C15H23N5O3.C7H16/c16-13(21)12(8-4-5-9-19-14(17)18)20-15(22)23-10-11-6-2-1-3-7-11;1-6(2)5-7(3)4/h1-3,6-7,12H,4-5,8-10H2,(H2,16,21)(H,20,22)(H4,17,18,19);6-7H,5H2,1-4H3. The first-order valence-corrected chi connectivity index (χ1v) is 10.4. The molecule has 0 bridgehead atoms. The Morgan fingerprint density at radius 3 is 2.07 bits per heavy atom. The Morgan fingerprint density at radius 1 is 1.00 bits per heavy atom. The number of alkyl carbamates (subject to hydrolysis) is 1. The van der Waals surface area contributed by atoms with Gasteiger partial charge in [0.2, 0.25) is 5.91 Å². The van der Waals surface area contributed by atoms with Gasteiger partial charge in [0.1, 0.15) is 12.6 Å². The normalized spacial score (nSPS) is 11.3. The number of carbonyl (C=O) groups is 2. The largest absolute Gasteiger partial charge is 0.445 e. The number of benzene rings is 1. The molecule has 0 saturated carbocycles. The summed E-state index contributed by atoms with van der Waals surface area (Å²) in [5.74, 6) is 1.17. The first-order valence-electron chi connectivity index (χ1n) is 10.4. The minimum Gasteiger partial charge on any atom is -0.445 e. The van der Waals surface area contributed by atoms with Crippen LogP contribution in [0.4, 0.5) is 4.79 Å². The van der Waals surface area contributed by atoms with Gasteiger partial charge in [-0.3, -0.25) is 9.79 Å². The topological polar surface area (TPSA) is 146 Å². The number of hydrogen-bond acceptors (Lipinski definition) is 4. The van der Waals surface area contributed by atoms with Gasteiger partial charge in [-0.25, -0.2) is 4.79 Å². The molecule has 0 saturated heterocycles. The van der Waals surface area contributed by atoms with Gasteiger partial charge >= 0.3 is 6.09 Å². The minimum atomic E-state index is -0.780. The summed E-state index contributed by atoms with van der Waals surface area (Å²) in [6.07, 6.45) is 2.41. The molecule has 1 atom stereocenters. The molecule has 8 nitrogen and oxygen atoms in total. The summed E-state index contributed by atoms with van der Waals surface area (Å²) in [7, 11) is 0. The molecule has 0 spiro atoms. The second-order valence-electron chi connectivity index (χ2n) is 7.99. The highest BCUT2D eigenvalue weighted by Gasteiger charge is 2.18. The van der Waals surface area contributed by atoms with Crippen molar-refractivity contribution in [3.8, 4) is 0 Å². The third-order valence-corrected chi connectivity index (χ3v) is 3.99. The molecule has 170 valence electrons. The van der Waals surface area contributed by atoms with Crippen LogP contribution < -0.4 is 22.5 Å². The molecular formula is C22H39N5O3. The molecule has 1 unspecified atom stereocenters. The fourth-order valence-electron chi connectivity index (χ4n) is 2.80. The number of hydrogen-bond donors (Lipinski definition) is 4. The van der Waals surface area contributed by atoms with Crippen molar-refractivity contribution in [1.29, 1.82) is 0 Å². The number of primary amides is 1. The van der Waals surface area contributed by atoms with Crippen LogP contribution in [-0.4, -0.2) is 30.5 Å². The van der Waals surface area contributed by atoms with Crippen LogP contribution in [0.3, 0.4) is 0 Å². The van der Waals surface area contributed by atoms with Crippen LogP contribution >= 0.6 is 0 Å². The molecule has 2 amide bonds. The van der Waals surface area contributed by atoms with E-state index < -0.39 is 18.0 Å². The summed E-state index contributed by atoms with van der Waals surface area (Å²) < 4.78 is 5.05. The van der Waals surface area contributed by atoms with Crippen LogP contribution in [0, 0.1) is 11.8 Å². The molecule has 0 fully saturated rings. The Labute approximate surface area is 180 Å². The summed E-state index contributed by atoms with van der Waals surface area (Å²) in [6.45, 7) is 9.65. The summed E-state index contributed by atoms with van der Waals surface area (Å²) in [5, 5.41) is 2.47. The van der Waals surface area contributed by atoms with Gasteiger partial charge in [0.15, 0.2) is 5.96 Å². The molecule has 0 radical (unpaired) electrons. The lowest BCUT2D eigenvalue weighted by Gasteiger charge is -2.15. The minimum absolute atomic E-state index is 0.0269. The predicted molar refractivity (Wildman–Crippen MR) is 122 cm³/mol. The SMILES string of the molecule is CC(C)CC(C)C.NC(=O)C(CCCCN=C(N)N)NC(=O)OCc1ccccc1. The zero-order chi connectivity index (χ0) is 22.9. The molecule has 8 heteroatoms. The number of amides is 2. The summed E-state index contributed by atoms with van der Waals surface area (Å²) in [6, 6.07) is 8.45. The number of carbonyl (C=O) groups excluding carboxylic acids is 2. The van der Waals surface area contributed by atoms with Crippen molar-refractivity contribution in [2.24, 2.45) is 34.0 Å². The van der Waals surface area contributed by atoms with E-state index in [9.17, 15) is 9.59 Å². The van der Waals surface area contributed by atoms with E-state index in [0.29, 0.717) is 25.8 Å². The maximum Gasteiger partial charge on any atom is 0.408 e. The molecule has 7 N–H and O–H groups in total. The van der Waals surface area contributed by atoms with E-state index in [1.165, 1.54) is 6.42 Å². The number of rotatable bonds is 11. The first-order chi connectivity index (χ1) is 14.1. The van der Waals surface area contributed by atoms with Crippen LogP contribution in [0.5, 0.6) is 0 Å². The number of guanidine groups is 1. The Hall–Kier alpha value is -2.77. The van der Waals surface area contributed by atoms with Crippen LogP contribution in [0.25, 0.3) is 0 Å². The fraction of sp³-hybridized carbons (Fsp3) is 0.591. The molecular weight excluding hydrogens is 382 g/mol. The lowest BCUT2D eigenvalue weighted by atomic mass is 10.0. The van der Waals surface area contributed by atoms with Gasteiger partial charge in [0.05, 0.1) is 0 Å². The van der Waals surface area contributed by atoms with Crippen molar-refractivity contribution in [1.82, 2.24) is 5.32 Å². The number of ether oxygens (including phenoxy) is 1. The number of unbranched alkanes of at least 4 members (excludes halogenated alkanes) is 1. The number of nitrogens with two attached hydrogens (primary N) is 3. The van der Waals surface area contributed by atoms with Crippen molar-refractivity contribution in [3.63, 3.8) is 0 Å². The second-order valence-corrected chi connectivity index (χ2v) is 7.99. The molecule has 0 heterocycles. The van der Waals surface area contributed by atoms with Crippen LogP contribution in [0.2, 0.25) is 0 Å². The zero-order valence-electron chi connectivity index (χ0n) is 18.8. The molecule has 30 heavy (non-hydrogen) atoms. The molecule has 1 aromatic rings. The molecule has 0 aromatic heterocycles. The van der Waals surface area contributed by atoms with E-state index in [-0.39, 0.29) is 12.6 Å². The van der Waals surface area contributed by atoms with Gasteiger partial charge in [-0.15, -0.1) is 0 Å². The number of aliphatic imine (C=N–C) groups is 1. The first kappa shape index (κ1) is 27.2. The second kappa shape index (κ2) is 16.1. The highest BCUT2D eigenvalue weighted by molar-refractivity contribution is 5.84. The van der Waals surface area contributed by atoms with Crippen molar-refractivity contribution in [2.75, 3.05) is 6.54 Å². The quantitative estimate of drug-likeness (QED) is 0.246. The third-order valence-electron chi connectivity index (χ3n) is 3.99. The van der Waals surface area contributed by atoms with Gasteiger partial charge < -0.3 is 27.3 Å². The molecule has 1 rings (SSSR count). The molecule has 0 aliphatic rings. The zero-order valence-corrected chi connectivity index (χ0v) is 18.8.